The Kier molecular flexibility index (Phi) is 8.57. The lowest BCUT2D eigenvalue weighted by Crippen LogP contribution is -2.32. The highest BCUT2D eigenvalue weighted by Gasteiger charge is 2.21. The van der Waals surface area contributed by atoms with Gasteiger partial charge < -0.3 is 10.1 Å². The molecule has 1 amide bonds. The van der Waals surface area contributed by atoms with Crippen molar-refractivity contribution in [2.24, 2.45) is 0 Å². The molecule has 3 aromatic rings. The Morgan fingerprint density at radius 3 is 2.11 bits per heavy atom. The Bertz CT molecular complexity index is 1250. The summed E-state index contributed by atoms with van der Waals surface area (Å²) in [6.07, 6.45) is 0.791. The molecular weight excluding hydrogens is 460 g/mol. The van der Waals surface area contributed by atoms with Crippen molar-refractivity contribution in [1.29, 1.82) is 0 Å². The maximum absolute atomic E-state index is 12.9. The van der Waals surface area contributed by atoms with Crippen LogP contribution in [0.2, 0.25) is 0 Å². The number of aryl methyl sites for hydroxylation is 2. The Labute approximate surface area is 208 Å². The summed E-state index contributed by atoms with van der Waals surface area (Å²) < 4.78 is 34.3. The fourth-order valence-electron chi connectivity index (χ4n) is 3.88. The average Bonchev–Trinajstić information content (AvgIpc) is 2.81. The van der Waals surface area contributed by atoms with Crippen LogP contribution in [-0.4, -0.2) is 20.4 Å². The zero-order chi connectivity index (χ0) is 25.6. The van der Waals surface area contributed by atoms with E-state index >= 15 is 0 Å². The minimum Gasteiger partial charge on any atom is -0.480 e. The van der Waals surface area contributed by atoms with E-state index in [0.29, 0.717) is 29.5 Å². The van der Waals surface area contributed by atoms with E-state index in [0.717, 1.165) is 23.1 Å². The van der Waals surface area contributed by atoms with Crippen molar-refractivity contribution in [1.82, 2.24) is 0 Å². The van der Waals surface area contributed by atoms with Crippen LogP contribution >= 0.6 is 0 Å². The molecule has 6 nitrogen and oxygen atoms in total. The molecule has 0 bridgehead atoms. The maximum Gasteiger partial charge on any atom is 0.265 e. The van der Waals surface area contributed by atoms with Crippen LogP contribution in [0.4, 0.5) is 11.4 Å². The van der Waals surface area contributed by atoms with E-state index in [1.165, 1.54) is 12.1 Å². The van der Waals surface area contributed by atoms with Gasteiger partial charge in [0.05, 0.1) is 4.90 Å². The molecule has 0 saturated carbocycles. The first kappa shape index (κ1) is 26.3. The van der Waals surface area contributed by atoms with E-state index in [9.17, 15) is 13.2 Å². The molecule has 0 fully saturated rings. The first-order valence-corrected chi connectivity index (χ1v) is 13.4. The first-order valence-electron chi connectivity index (χ1n) is 11.9. The van der Waals surface area contributed by atoms with Gasteiger partial charge in [-0.3, -0.25) is 9.52 Å². The van der Waals surface area contributed by atoms with Gasteiger partial charge in [-0.15, -0.1) is 0 Å². The molecule has 2 unspecified atom stereocenters. The van der Waals surface area contributed by atoms with E-state index < -0.39 is 16.1 Å². The van der Waals surface area contributed by atoms with E-state index in [-0.39, 0.29) is 10.8 Å². The molecule has 0 aliphatic rings. The predicted molar refractivity (Wildman–Crippen MR) is 142 cm³/mol. The monoisotopic (exact) mass is 494 g/mol. The molecule has 35 heavy (non-hydrogen) atoms. The number of carbonyl (C=O) groups excluding carboxylic acids is 1. The highest BCUT2D eigenvalue weighted by Crippen LogP contribution is 2.29. The van der Waals surface area contributed by atoms with Crippen LogP contribution in [0, 0.1) is 13.8 Å². The molecule has 3 aromatic carbocycles. The molecule has 0 spiro atoms. The summed E-state index contributed by atoms with van der Waals surface area (Å²) in [4.78, 5) is 13.0. The van der Waals surface area contributed by atoms with Gasteiger partial charge in [0, 0.05) is 11.4 Å². The lowest BCUT2D eigenvalue weighted by molar-refractivity contribution is -0.122. The van der Waals surface area contributed by atoms with Crippen molar-refractivity contribution in [3.63, 3.8) is 0 Å². The van der Waals surface area contributed by atoms with Gasteiger partial charge in [-0.25, -0.2) is 8.42 Å². The van der Waals surface area contributed by atoms with Crippen LogP contribution < -0.4 is 14.8 Å². The fourth-order valence-corrected chi connectivity index (χ4v) is 4.92. The number of benzene rings is 3. The summed E-state index contributed by atoms with van der Waals surface area (Å²) in [6, 6.07) is 19.4. The summed E-state index contributed by atoms with van der Waals surface area (Å²) in [5.74, 6) is 0.747. The second kappa shape index (κ2) is 11.4. The highest BCUT2D eigenvalue weighted by molar-refractivity contribution is 7.92. The molecule has 7 heteroatoms. The molecular formula is C28H34N2O4S. The summed E-state index contributed by atoms with van der Waals surface area (Å²) in [7, 11) is -3.76. The largest absolute Gasteiger partial charge is 0.480 e. The van der Waals surface area contributed by atoms with Crippen molar-refractivity contribution >= 4 is 27.3 Å². The molecule has 0 heterocycles. The van der Waals surface area contributed by atoms with Crippen molar-refractivity contribution in [2.45, 2.75) is 64.4 Å². The minimum atomic E-state index is -3.76. The van der Waals surface area contributed by atoms with Crippen molar-refractivity contribution in [3.8, 4) is 5.75 Å². The third-order valence-electron chi connectivity index (χ3n) is 5.90. The number of carbonyl (C=O) groups is 1. The summed E-state index contributed by atoms with van der Waals surface area (Å²) in [6.45, 7) is 9.97. The van der Waals surface area contributed by atoms with Crippen LogP contribution in [0.1, 0.15) is 56.2 Å². The molecule has 3 rings (SSSR count). The molecule has 2 N–H and O–H groups in total. The minimum absolute atomic E-state index is 0.112. The Hall–Kier alpha value is -3.32. The van der Waals surface area contributed by atoms with Gasteiger partial charge in [0.1, 0.15) is 5.75 Å². The number of rotatable bonds is 10. The van der Waals surface area contributed by atoms with Crippen molar-refractivity contribution < 1.29 is 17.9 Å². The molecule has 0 aliphatic heterocycles. The third-order valence-corrected chi connectivity index (χ3v) is 7.30. The summed E-state index contributed by atoms with van der Waals surface area (Å²) >= 11 is 0. The van der Waals surface area contributed by atoms with E-state index in [4.69, 9.17) is 4.74 Å². The Morgan fingerprint density at radius 2 is 1.51 bits per heavy atom. The van der Waals surface area contributed by atoms with Gasteiger partial charge in [-0.2, -0.15) is 0 Å². The van der Waals surface area contributed by atoms with E-state index in [1.54, 1.807) is 24.3 Å². The number of para-hydroxylation sites is 1. The van der Waals surface area contributed by atoms with Gasteiger partial charge in [0.15, 0.2) is 6.10 Å². The number of hydrogen-bond acceptors (Lipinski definition) is 4. The summed E-state index contributed by atoms with van der Waals surface area (Å²) in [5.41, 5.74) is 4.03. The average molecular weight is 495 g/mol. The van der Waals surface area contributed by atoms with Crippen LogP contribution in [0.3, 0.4) is 0 Å². The third kappa shape index (κ3) is 6.85. The van der Waals surface area contributed by atoms with Gasteiger partial charge in [0.2, 0.25) is 0 Å². The Balaban J connectivity index is 1.70. The highest BCUT2D eigenvalue weighted by atomic mass is 32.2. The normalized spacial score (nSPS) is 13.1. The molecule has 0 saturated heterocycles. The Morgan fingerprint density at radius 1 is 0.886 bits per heavy atom. The SMILES string of the molecule is CCC(Oc1ccccc1C(C)CC)C(=O)Nc1ccc(S(=O)(=O)Nc2cc(C)cc(C)c2)cc1. The van der Waals surface area contributed by atoms with E-state index in [2.05, 4.69) is 23.9 Å². The molecule has 0 aliphatic carbocycles. The number of ether oxygens (including phenoxy) is 1. The smallest absolute Gasteiger partial charge is 0.265 e. The van der Waals surface area contributed by atoms with Gasteiger partial charge in [0.25, 0.3) is 15.9 Å². The predicted octanol–water partition coefficient (Wildman–Crippen LogP) is 6.41. The molecule has 0 radical (unpaired) electrons. The van der Waals surface area contributed by atoms with Crippen LogP contribution in [0.15, 0.2) is 71.6 Å². The molecule has 0 aromatic heterocycles. The number of nitrogens with one attached hydrogen (secondary N) is 2. The number of hydrogen-bond donors (Lipinski definition) is 2. The van der Waals surface area contributed by atoms with Gasteiger partial charge in [-0.05, 0) is 91.8 Å². The van der Waals surface area contributed by atoms with E-state index in [1.807, 2.05) is 51.1 Å². The molecule has 2 atom stereocenters. The summed E-state index contributed by atoms with van der Waals surface area (Å²) in [5, 5.41) is 2.84. The topological polar surface area (TPSA) is 84.5 Å². The maximum atomic E-state index is 12.9. The zero-order valence-corrected chi connectivity index (χ0v) is 21.8. The number of amides is 1. The second-order valence-electron chi connectivity index (χ2n) is 8.86. The van der Waals surface area contributed by atoms with Crippen LogP contribution in [0.25, 0.3) is 0 Å². The standard InChI is InChI=1S/C28H34N2O4S/c1-6-21(5)25-10-8-9-11-27(25)34-26(7-2)28(31)29-22-12-14-24(15-13-22)35(32,33)30-23-17-19(3)16-20(4)18-23/h8-18,21,26,30H,6-7H2,1-5H3,(H,29,31). The second-order valence-corrected chi connectivity index (χ2v) is 10.5. The van der Waals surface area contributed by atoms with Crippen molar-refractivity contribution in [3.05, 3.63) is 83.4 Å². The van der Waals surface area contributed by atoms with Gasteiger partial charge >= 0.3 is 0 Å². The van der Waals surface area contributed by atoms with Gasteiger partial charge in [-0.1, -0.05) is 45.0 Å². The number of sulfonamides is 1. The fraction of sp³-hybridized carbons (Fsp3) is 0.321. The lowest BCUT2D eigenvalue weighted by Gasteiger charge is -2.21. The quantitative estimate of drug-likeness (QED) is 0.341. The molecule has 186 valence electrons. The van der Waals surface area contributed by atoms with Crippen LogP contribution in [-0.2, 0) is 14.8 Å². The first-order chi connectivity index (χ1) is 16.6. The number of anilines is 2. The lowest BCUT2D eigenvalue weighted by atomic mass is 9.98. The zero-order valence-electron chi connectivity index (χ0n) is 21.0. The van der Waals surface area contributed by atoms with Crippen LogP contribution in [0.5, 0.6) is 5.75 Å². The van der Waals surface area contributed by atoms with Crippen molar-refractivity contribution in [2.75, 3.05) is 10.0 Å².